The van der Waals surface area contributed by atoms with E-state index in [0.717, 1.165) is 16.7 Å². The molecule has 2 aromatic rings. The number of benzene rings is 1. The zero-order valence-corrected chi connectivity index (χ0v) is 13.4. The Kier molecular flexibility index (Phi) is 5.74. The first-order valence-corrected chi connectivity index (χ1v) is 7.20. The van der Waals surface area contributed by atoms with Crippen LogP contribution in [-0.4, -0.2) is 31.8 Å². The van der Waals surface area contributed by atoms with Crippen molar-refractivity contribution in [1.29, 1.82) is 0 Å². The lowest BCUT2D eigenvalue weighted by Gasteiger charge is -2.09. The summed E-state index contributed by atoms with van der Waals surface area (Å²) in [5.74, 6) is 0.968. The Balaban J connectivity index is 2.36. The van der Waals surface area contributed by atoms with Crippen LogP contribution in [0.1, 0.15) is 12.5 Å². The molecule has 120 valence electrons. The molecular formula is C18H19NO4. The topological polar surface area (TPSA) is 57.7 Å². The van der Waals surface area contributed by atoms with Crippen molar-refractivity contribution in [2.24, 2.45) is 0 Å². The van der Waals surface area contributed by atoms with Crippen molar-refractivity contribution in [1.82, 2.24) is 4.98 Å². The van der Waals surface area contributed by atoms with E-state index in [-0.39, 0.29) is 5.97 Å². The number of esters is 1. The van der Waals surface area contributed by atoms with E-state index in [1.807, 2.05) is 24.3 Å². The normalized spacial score (nSPS) is 10.6. The van der Waals surface area contributed by atoms with Crippen LogP contribution in [0.3, 0.4) is 0 Å². The van der Waals surface area contributed by atoms with Gasteiger partial charge < -0.3 is 14.2 Å². The molecule has 0 saturated heterocycles. The molecule has 1 heterocycles. The van der Waals surface area contributed by atoms with Crippen molar-refractivity contribution in [3.8, 4) is 22.6 Å². The fraction of sp³-hybridized carbons (Fsp3) is 0.222. The summed E-state index contributed by atoms with van der Waals surface area (Å²) in [6, 6.07) is 7.59. The minimum Gasteiger partial charge on any atom is -0.496 e. The Hall–Kier alpha value is -2.82. The van der Waals surface area contributed by atoms with Gasteiger partial charge in [-0.05, 0) is 36.8 Å². The van der Waals surface area contributed by atoms with Gasteiger partial charge in [0.05, 0.1) is 27.0 Å². The third-order valence-electron chi connectivity index (χ3n) is 3.20. The highest BCUT2D eigenvalue weighted by Gasteiger charge is 2.06. The molecule has 23 heavy (non-hydrogen) atoms. The van der Waals surface area contributed by atoms with Crippen LogP contribution < -0.4 is 9.47 Å². The number of hydrogen-bond donors (Lipinski definition) is 0. The molecule has 0 aliphatic heterocycles. The second-order valence-corrected chi connectivity index (χ2v) is 4.66. The number of carbonyl (C=O) groups excluding carboxylic acids is 1. The number of methoxy groups -OCH3 is 2. The average Bonchev–Trinajstić information content (AvgIpc) is 2.60. The number of rotatable bonds is 6. The zero-order valence-electron chi connectivity index (χ0n) is 13.4. The van der Waals surface area contributed by atoms with Gasteiger partial charge in [0, 0.05) is 23.4 Å². The maximum Gasteiger partial charge on any atom is 0.330 e. The maximum absolute atomic E-state index is 11.5. The molecule has 0 aliphatic carbocycles. The van der Waals surface area contributed by atoms with Gasteiger partial charge in [-0.25, -0.2) is 4.79 Å². The smallest absolute Gasteiger partial charge is 0.330 e. The molecule has 1 aromatic heterocycles. The van der Waals surface area contributed by atoms with Crippen molar-refractivity contribution >= 4 is 12.0 Å². The predicted molar refractivity (Wildman–Crippen MR) is 88.4 cm³/mol. The Morgan fingerprint density at radius 1 is 1.13 bits per heavy atom. The molecule has 5 heteroatoms. The number of nitrogens with zero attached hydrogens (tertiary/aromatic N) is 1. The van der Waals surface area contributed by atoms with Crippen molar-refractivity contribution in [2.75, 3.05) is 20.8 Å². The highest BCUT2D eigenvalue weighted by Crippen LogP contribution is 2.28. The van der Waals surface area contributed by atoms with Gasteiger partial charge in [0.2, 0.25) is 0 Å². The number of hydrogen-bond acceptors (Lipinski definition) is 5. The molecule has 0 unspecified atom stereocenters. The summed E-state index contributed by atoms with van der Waals surface area (Å²) in [5.41, 5.74) is 2.64. The standard InChI is InChI=1S/C18H19NO4/c1-4-23-18(20)8-6-14-9-13(5-7-17(14)22-3)15-10-16(21-2)12-19-11-15/h5-12H,4H2,1-3H3/b8-6+. The quantitative estimate of drug-likeness (QED) is 0.604. The molecule has 0 radical (unpaired) electrons. The predicted octanol–water partition coefficient (Wildman–Crippen LogP) is 3.34. The van der Waals surface area contributed by atoms with E-state index in [0.29, 0.717) is 18.1 Å². The van der Waals surface area contributed by atoms with E-state index in [2.05, 4.69) is 4.98 Å². The van der Waals surface area contributed by atoms with Crippen LogP contribution in [0.4, 0.5) is 0 Å². The van der Waals surface area contributed by atoms with E-state index in [1.54, 1.807) is 39.6 Å². The first-order valence-electron chi connectivity index (χ1n) is 7.20. The van der Waals surface area contributed by atoms with Crippen molar-refractivity contribution in [3.05, 3.63) is 48.3 Å². The summed E-state index contributed by atoms with van der Waals surface area (Å²) >= 11 is 0. The second kappa shape index (κ2) is 7.98. The van der Waals surface area contributed by atoms with Gasteiger partial charge in [0.25, 0.3) is 0 Å². The summed E-state index contributed by atoms with van der Waals surface area (Å²) < 4.78 is 15.4. The van der Waals surface area contributed by atoms with Crippen LogP contribution in [0.25, 0.3) is 17.2 Å². The Labute approximate surface area is 135 Å². The minimum atomic E-state index is -0.386. The number of pyridine rings is 1. The second-order valence-electron chi connectivity index (χ2n) is 4.66. The summed E-state index contributed by atoms with van der Waals surface area (Å²) in [7, 11) is 3.19. The van der Waals surface area contributed by atoms with Crippen LogP contribution in [0.15, 0.2) is 42.7 Å². The van der Waals surface area contributed by atoms with Gasteiger partial charge in [-0.3, -0.25) is 4.98 Å². The molecule has 0 N–H and O–H groups in total. The Morgan fingerprint density at radius 3 is 2.65 bits per heavy atom. The lowest BCUT2D eigenvalue weighted by molar-refractivity contribution is -0.137. The van der Waals surface area contributed by atoms with Gasteiger partial charge >= 0.3 is 5.97 Å². The van der Waals surface area contributed by atoms with Crippen LogP contribution in [0.5, 0.6) is 11.5 Å². The van der Waals surface area contributed by atoms with E-state index in [4.69, 9.17) is 14.2 Å². The fourth-order valence-electron chi connectivity index (χ4n) is 2.08. The molecule has 0 amide bonds. The first kappa shape index (κ1) is 16.5. The lowest BCUT2D eigenvalue weighted by Crippen LogP contribution is -1.99. The molecule has 1 aromatic carbocycles. The zero-order chi connectivity index (χ0) is 16.7. The lowest BCUT2D eigenvalue weighted by atomic mass is 10.0. The van der Waals surface area contributed by atoms with E-state index in [1.165, 1.54) is 6.08 Å². The number of carbonyl (C=O) groups is 1. The maximum atomic E-state index is 11.5. The van der Waals surface area contributed by atoms with Crippen molar-refractivity contribution in [2.45, 2.75) is 6.92 Å². The summed E-state index contributed by atoms with van der Waals surface area (Å²) in [6.45, 7) is 2.11. The molecule has 0 saturated carbocycles. The molecule has 0 fully saturated rings. The third-order valence-corrected chi connectivity index (χ3v) is 3.20. The van der Waals surface area contributed by atoms with Gasteiger partial charge in [-0.1, -0.05) is 6.07 Å². The molecule has 0 bridgehead atoms. The van der Waals surface area contributed by atoms with E-state index in [9.17, 15) is 4.79 Å². The fourth-order valence-corrected chi connectivity index (χ4v) is 2.08. The monoisotopic (exact) mass is 313 g/mol. The van der Waals surface area contributed by atoms with Crippen LogP contribution >= 0.6 is 0 Å². The SMILES string of the molecule is CCOC(=O)/C=C/c1cc(-c2cncc(OC)c2)ccc1OC. The molecular weight excluding hydrogens is 294 g/mol. The van der Waals surface area contributed by atoms with Crippen molar-refractivity contribution in [3.63, 3.8) is 0 Å². The largest absolute Gasteiger partial charge is 0.496 e. The van der Waals surface area contributed by atoms with Crippen molar-refractivity contribution < 1.29 is 19.0 Å². The Morgan fingerprint density at radius 2 is 1.96 bits per heavy atom. The third kappa shape index (κ3) is 4.32. The van der Waals surface area contributed by atoms with Gasteiger partial charge in [0.15, 0.2) is 0 Å². The minimum absolute atomic E-state index is 0.343. The van der Waals surface area contributed by atoms with E-state index < -0.39 is 0 Å². The molecule has 5 nitrogen and oxygen atoms in total. The van der Waals surface area contributed by atoms with Crippen LogP contribution in [0, 0.1) is 0 Å². The first-order chi connectivity index (χ1) is 11.2. The molecule has 0 spiro atoms. The summed E-state index contributed by atoms with van der Waals surface area (Å²) in [5, 5.41) is 0. The van der Waals surface area contributed by atoms with Crippen LogP contribution in [0.2, 0.25) is 0 Å². The van der Waals surface area contributed by atoms with Crippen LogP contribution in [-0.2, 0) is 9.53 Å². The molecule has 2 rings (SSSR count). The summed E-state index contributed by atoms with van der Waals surface area (Å²) in [4.78, 5) is 15.6. The summed E-state index contributed by atoms with van der Waals surface area (Å²) in [6.07, 6.45) is 6.46. The van der Waals surface area contributed by atoms with Gasteiger partial charge in [-0.2, -0.15) is 0 Å². The Bertz CT molecular complexity index is 710. The highest BCUT2D eigenvalue weighted by molar-refractivity contribution is 5.88. The number of ether oxygens (including phenoxy) is 3. The van der Waals surface area contributed by atoms with E-state index >= 15 is 0 Å². The van der Waals surface area contributed by atoms with Gasteiger partial charge in [0.1, 0.15) is 11.5 Å². The molecule has 0 aliphatic rings. The molecule has 0 atom stereocenters. The number of aromatic nitrogens is 1. The highest BCUT2D eigenvalue weighted by atomic mass is 16.5. The van der Waals surface area contributed by atoms with Gasteiger partial charge in [-0.15, -0.1) is 0 Å². The average molecular weight is 313 g/mol.